The van der Waals surface area contributed by atoms with E-state index in [1.807, 2.05) is 0 Å². The van der Waals surface area contributed by atoms with Gasteiger partial charge in [0.25, 0.3) is 0 Å². The number of hydrogen-bond donors (Lipinski definition) is 1. The highest BCUT2D eigenvalue weighted by molar-refractivity contribution is 7.80. The number of ether oxygens (including phenoxy) is 1. The monoisotopic (exact) mass is 332 g/mol. The summed E-state index contributed by atoms with van der Waals surface area (Å²) in [6.45, 7) is -0.455. The lowest BCUT2D eigenvalue weighted by Crippen LogP contribution is -2.17. The van der Waals surface area contributed by atoms with Gasteiger partial charge in [-0.05, 0) is 18.6 Å². The topological polar surface area (TPSA) is 48.1 Å². The Balaban J connectivity index is 2.85. The maximum atomic E-state index is 12.5. The molecule has 0 amide bonds. The van der Waals surface area contributed by atoms with Crippen molar-refractivity contribution in [3.8, 4) is 5.88 Å². The average Bonchev–Trinajstić information content (AvgIpc) is 2.32. The Labute approximate surface area is 121 Å². The minimum atomic E-state index is -4.71. The van der Waals surface area contributed by atoms with Crippen LogP contribution >= 0.6 is 12.2 Å². The van der Waals surface area contributed by atoms with Gasteiger partial charge in [-0.15, -0.1) is 0 Å². The molecule has 2 N–H and O–H groups in total. The maximum Gasteiger partial charge on any atom is 0.433 e. The number of rotatable bonds is 5. The van der Waals surface area contributed by atoms with Crippen molar-refractivity contribution in [2.75, 3.05) is 6.61 Å². The normalized spacial score (nSPS) is 12.3. The highest BCUT2D eigenvalue weighted by Crippen LogP contribution is 2.30. The van der Waals surface area contributed by atoms with Crippen molar-refractivity contribution in [2.45, 2.75) is 25.2 Å². The summed E-state index contributed by atoms with van der Waals surface area (Å²) in [6.07, 6.45) is -10.6. The molecular formula is C11H10F6N2OS. The fourth-order valence-electron chi connectivity index (χ4n) is 1.34. The van der Waals surface area contributed by atoms with Crippen molar-refractivity contribution >= 4 is 17.2 Å². The molecule has 0 unspecified atom stereocenters. The second kappa shape index (κ2) is 6.46. The zero-order chi connectivity index (χ0) is 16.3. The highest BCUT2D eigenvalue weighted by Gasteiger charge is 2.33. The van der Waals surface area contributed by atoms with Gasteiger partial charge in [0.05, 0.1) is 12.2 Å². The number of nitrogens with zero attached hydrogens (tertiary/aromatic N) is 1. The third-order valence-corrected chi connectivity index (χ3v) is 2.48. The van der Waals surface area contributed by atoms with E-state index in [0.29, 0.717) is 6.07 Å². The van der Waals surface area contributed by atoms with Gasteiger partial charge >= 0.3 is 12.4 Å². The predicted octanol–water partition coefficient (Wildman–Crippen LogP) is 3.46. The maximum absolute atomic E-state index is 12.5. The van der Waals surface area contributed by atoms with Crippen LogP contribution in [0.15, 0.2) is 12.1 Å². The lowest BCUT2D eigenvalue weighted by atomic mass is 10.2. The van der Waals surface area contributed by atoms with Gasteiger partial charge in [0.15, 0.2) is 0 Å². The summed E-state index contributed by atoms with van der Waals surface area (Å²) < 4.78 is 78.2. The van der Waals surface area contributed by atoms with E-state index in [0.717, 1.165) is 6.07 Å². The standard InChI is InChI=1S/C11H10F6N2OS/c12-10(13,14)4-1-5-20-9-6(8(18)21)2-3-7(19-9)11(15,16)17/h2-3H,1,4-5H2,(H2,18,21). The summed E-state index contributed by atoms with van der Waals surface area (Å²) in [4.78, 5) is 2.94. The summed E-state index contributed by atoms with van der Waals surface area (Å²) in [5.74, 6) is -0.528. The molecule has 0 spiro atoms. The molecule has 1 heterocycles. The number of thiocarbonyl (C=S) groups is 1. The molecule has 118 valence electrons. The van der Waals surface area contributed by atoms with E-state index in [4.69, 9.17) is 10.5 Å². The van der Waals surface area contributed by atoms with Gasteiger partial charge in [-0.2, -0.15) is 26.3 Å². The zero-order valence-corrected chi connectivity index (χ0v) is 11.2. The van der Waals surface area contributed by atoms with E-state index < -0.39 is 43.4 Å². The predicted molar refractivity (Wildman–Crippen MR) is 65.9 cm³/mol. The summed E-state index contributed by atoms with van der Waals surface area (Å²) in [7, 11) is 0. The summed E-state index contributed by atoms with van der Waals surface area (Å²) in [5, 5.41) is 0. The molecule has 1 rings (SSSR count). The number of pyridine rings is 1. The van der Waals surface area contributed by atoms with E-state index in [9.17, 15) is 26.3 Å². The molecular weight excluding hydrogens is 322 g/mol. The fraction of sp³-hybridized carbons (Fsp3) is 0.455. The number of alkyl halides is 6. The molecule has 0 saturated heterocycles. The quantitative estimate of drug-likeness (QED) is 0.510. The van der Waals surface area contributed by atoms with Crippen LogP contribution in [0.3, 0.4) is 0 Å². The SMILES string of the molecule is NC(=S)c1ccc(C(F)(F)F)nc1OCCCC(F)(F)F. The molecule has 0 bridgehead atoms. The Morgan fingerprint density at radius 2 is 1.81 bits per heavy atom. The molecule has 3 nitrogen and oxygen atoms in total. The zero-order valence-electron chi connectivity index (χ0n) is 10.4. The first kappa shape index (κ1) is 17.5. The largest absolute Gasteiger partial charge is 0.477 e. The Morgan fingerprint density at radius 1 is 1.19 bits per heavy atom. The second-order valence-electron chi connectivity index (χ2n) is 3.98. The minimum Gasteiger partial charge on any atom is -0.477 e. The third kappa shape index (κ3) is 5.74. The average molecular weight is 332 g/mol. The molecule has 1 aromatic heterocycles. The lowest BCUT2D eigenvalue weighted by Gasteiger charge is -2.13. The van der Waals surface area contributed by atoms with Gasteiger partial charge in [-0.3, -0.25) is 0 Å². The van der Waals surface area contributed by atoms with Crippen LogP contribution in [0.4, 0.5) is 26.3 Å². The summed E-state index contributed by atoms with van der Waals surface area (Å²) in [6, 6.07) is 1.63. The van der Waals surface area contributed by atoms with Gasteiger partial charge in [-0.25, -0.2) is 4.98 Å². The van der Waals surface area contributed by atoms with Gasteiger partial charge < -0.3 is 10.5 Å². The first-order valence-corrected chi connectivity index (χ1v) is 5.99. The summed E-state index contributed by atoms with van der Waals surface area (Å²) in [5.41, 5.74) is 3.99. The van der Waals surface area contributed by atoms with E-state index in [1.165, 1.54) is 0 Å². The molecule has 10 heteroatoms. The van der Waals surface area contributed by atoms with Crippen LogP contribution in [0, 0.1) is 0 Å². The van der Waals surface area contributed by atoms with E-state index in [2.05, 4.69) is 17.2 Å². The Kier molecular flexibility index (Phi) is 5.37. The molecule has 1 aromatic rings. The number of halogens is 6. The van der Waals surface area contributed by atoms with Gasteiger partial charge in [0.2, 0.25) is 5.88 Å². The Bertz CT molecular complexity index is 514. The molecule has 0 atom stereocenters. The highest BCUT2D eigenvalue weighted by atomic mass is 32.1. The lowest BCUT2D eigenvalue weighted by molar-refractivity contribution is -0.141. The smallest absolute Gasteiger partial charge is 0.433 e. The number of nitrogens with two attached hydrogens (primary N) is 1. The van der Waals surface area contributed by atoms with Crippen LogP contribution in [0.1, 0.15) is 24.1 Å². The molecule has 0 aromatic carbocycles. The van der Waals surface area contributed by atoms with Crippen LogP contribution in [0.5, 0.6) is 5.88 Å². The van der Waals surface area contributed by atoms with Gasteiger partial charge in [-0.1, -0.05) is 12.2 Å². The first-order chi connectivity index (χ1) is 9.50. The van der Waals surface area contributed by atoms with Crippen molar-refractivity contribution in [3.05, 3.63) is 23.4 Å². The second-order valence-corrected chi connectivity index (χ2v) is 4.42. The van der Waals surface area contributed by atoms with Gasteiger partial charge in [0.1, 0.15) is 10.7 Å². The summed E-state index contributed by atoms with van der Waals surface area (Å²) >= 11 is 4.62. The van der Waals surface area contributed by atoms with E-state index >= 15 is 0 Å². The van der Waals surface area contributed by atoms with Crippen molar-refractivity contribution in [2.24, 2.45) is 5.73 Å². The van der Waals surface area contributed by atoms with Crippen LogP contribution in [0.2, 0.25) is 0 Å². The molecule has 0 radical (unpaired) electrons. The molecule has 0 saturated carbocycles. The van der Waals surface area contributed by atoms with Crippen molar-refractivity contribution < 1.29 is 31.1 Å². The van der Waals surface area contributed by atoms with E-state index in [1.54, 1.807) is 0 Å². The molecule has 21 heavy (non-hydrogen) atoms. The van der Waals surface area contributed by atoms with Crippen LogP contribution in [0.25, 0.3) is 0 Å². The van der Waals surface area contributed by atoms with Crippen LogP contribution in [-0.2, 0) is 6.18 Å². The molecule has 0 fully saturated rings. The molecule has 0 aliphatic heterocycles. The fourth-order valence-corrected chi connectivity index (χ4v) is 1.49. The van der Waals surface area contributed by atoms with E-state index in [-0.39, 0.29) is 10.6 Å². The van der Waals surface area contributed by atoms with Crippen molar-refractivity contribution in [1.82, 2.24) is 4.98 Å². The van der Waals surface area contributed by atoms with Crippen molar-refractivity contribution in [3.63, 3.8) is 0 Å². The third-order valence-electron chi connectivity index (χ3n) is 2.26. The van der Waals surface area contributed by atoms with Crippen molar-refractivity contribution in [1.29, 1.82) is 0 Å². The van der Waals surface area contributed by atoms with Crippen LogP contribution < -0.4 is 10.5 Å². The Hall–Kier alpha value is -1.58. The Morgan fingerprint density at radius 3 is 2.29 bits per heavy atom. The first-order valence-electron chi connectivity index (χ1n) is 5.58. The van der Waals surface area contributed by atoms with Gasteiger partial charge in [0, 0.05) is 6.42 Å². The minimum absolute atomic E-state index is 0.0648. The number of hydrogen-bond acceptors (Lipinski definition) is 3. The molecule has 0 aliphatic rings. The van der Waals surface area contributed by atoms with Crippen LogP contribution in [-0.4, -0.2) is 22.8 Å². The number of aromatic nitrogens is 1. The molecule has 0 aliphatic carbocycles.